The molecule has 2 heterocycles. The number of aromatic hydroxyl groups is 1. The molecule has 1 amide bonds. The van der Waals surface area contributed by atoms with Crippen LogP contribution in [0.15, 0.2) is 101 Å². The molecule has 3 aromatic carbocycles. The van der Waals surface area contributed by atoms with Crippen LogP contribution in [-0.2, 0) is 4.79 Å². The summed E-state index contributed by atoms with van der Waals surface area (Å²) in [6.07, 6.45) is 3.55. The molecule has 1 aliphatic rings. The van der Waals surface area contributed by atoms with Crippen molar-refractivity contribution in [3.05, 3.63) is 118 Å². The lowest BCUT2D eigenvalue weighted by molar-refractivity contribution is -0.113. The summed E-state index contributed by atoms with van der Waals surface area (Å²) in [7, 11) is 0. The van der Waals surface area contributed by atoms with Gasteiger partial charge in [0.15, 0.2) is 0 Å². The number of rotatable bonds is 4. The third kappa shape index (κ3) is 4.19. The highest BCUT2D eigenvalue weighted by atomic mass is 35.5. The first-order valence-corrected chi connectivity index (χ1v) is 10.9. The Bertz CT molecular complexity index is 1400. The second kappa shape index (κ2) is 8.66. The van der Waals surface area contributed by atoms with Gasteiger partial charge >= 0.3 is 0 Å². The van der Waals surface area contributed by atoms with Gasteiger partial charge in [-0.15, -0.1) is 0 Å². The molecule has 0 saturated carbocycles. The summed E-state index contributed by atoms with van der Waals surface area (Å²) in [5.74, 6) is 1.10. The quantitative estimate of drug-likeness (QED) is 0.313. The predicted molar refractivity (Wildman–Crippen MR) is 132 cm³/mol. The number of amides is 1. The van der Waals surface area contributed by atoms with E-state index in [1.165, 1.54) is 0 Å². The third-order valence-electron chi connectivity index (χ3n) is 5.29. The average Bonchev–Trinajstić information content (AvgIpc) is 3.42. The van der Waals surface area contributed by atoms with Crippen molar-refractivity contribution in [3.8, 4) is 17.1 Å². The highest BCUT2D eigenvalue weighted by molar-refractivity contribution is 6.42. The molecular formula is C27H17Cl2NO3. The lowest BCUT2D eigenvalue weighted by Gasteiger charge is -2.20. The van der Waals surface area contributed by atoms with Crippen molar-refractivity contribution in [1.29, 1.82) is 0 Å². The van der Waals surface area contributed by atoms with Crippen molar-refractivity contribution in [3.63, 3.8) is 0 Å². The van der Waals surface area contributed by atoms with E-state index in [9.17, 15) is 9.90 Å². The van der Waals surface area contributed by atoms with Gasteiger partial charge in [-0.05, 0) is 72.3 Å². The fourth-order valence-corrected chi connectivity index (χ4v) is 3.98. The lowest BCUT2D eigenvalue weighted by Crippen LogP contribution is -2.24. The number of carbonyl (C=O) groups excluding carboxylic acids is 1. The summed E-state index contributed by atoms with van der Waals surface area (Å²) < 4.78 is 5.96. The first kappa shape index (κ1) is 21.1. The van der Waals surface area contributed by atoms with Gasteiger partial charge in [0.2, 0.25) is 0 Å². The minimum absolute atomic E-state index is 0.136. The van der Waals surface area contributed by atoms with Gasteiger partial charge in [-0.1, -0.05) is 53.5 Å². The minimum atomic E-state index is -0.188. The number of nitrogens with zero attached hydrogens (tertiary/aromatic N) is 1. The number of furan rings is 1. The van der Waals surface area contributed by atoms with Crippen molar-refractivity contribution in [1.82, 2.24) is 0 Å². The maximum atomic E-state index is 13.4. The number of hydrogen-bond donors (Lipinski definition) is 1. The van der Waals surface area contributed by atoms with Crippen LogP contribution in [0, 0.1) is 0 Å². The summed E-state index contributed by atoms with van der Waals surface area (Å²) in [5, 5.41) is 10.6. The van der Waals surface area contributed by atoms with E-state index >= 15 is 0 Å². The van der Waals surface area contributed by atoms with Gasteiger partial charge in [0.25, 0.3) is 5.91 Å². The van der Waals surface area contributed by atoms with Gasteiger partial charge in [-0.2, -0.15) is 0 Å². The van der Waals surface area contributed by atoms with Gasteiger partial charge in [-0.25, -0.2) is 0 Å². The predicted octanol–water partition coefficient (Wildman–Crippen LogP) is 7.43. The average molecular weight is 474 g/mol. The van der Waals surface area contributed by atoms with E-state index in [-0.39, 0.29) is 11.7 Å². The highest BCUT2D eigenvalue weighted by Gasteiger charge is 2.30. The summed E-state index contributed by atoms with van der Waals surface area (Å²) in [5.41, 5.74) is 3.58. The normalized spacial score (nSPS) is 14.7. The number of anilines is 1. The smallest absolute Gasteiger partial charge is 0.263 e. The summed E-state index contributed by atoms with van der Waals surface area (Å²) in [6.45, 7) is 0. The van der Waals surface area contributed by atoms with E-state index in [4.69, 9.17) is 27.6 Å². The maximum absolute atomic E-state index is 13.4. The summed E-state index contributed by atoms with van der Waals surface area (Å²) >= 11 is 12.1. The molecule has 0 radical (unpaired) electrons. The summed E-state index contributed by atoms with van der Waals surface area (Å²) in [4.78, 5) is 15.0. The Morgan fingerprint density at radius 2 is 1.58 bits per heavy atom. The molecule has 1 aromatic heterocycles. The fraction of sp³-hybridized carbons (Fsp3) is 0. The Morgan fingerprint density at radius 3 is 2.30 bits per heavy atom. The molecule has 162 valence electrons. The molecule has 0 saturated heterocycles. The molecule has 0 atom stereocenters. The monoisotopic (exact) mass is 473 g/mol. The minimum Gasteiger partial charge on any atom is -0.508 e. The molecule has 4 aromatic rings. The van der Waals surface area contributed by atoms with Crippen molar-refractivity contribution in [2.75, 3.05) is 4.90 Å². The second-order valence-electron chi connectivity index (χ2n) is 7.48. The molecule has 6 heteroatoms. The van der Waals surface area contributed by atoms with Gasteiger partial charge in [0.1, 0.15) is 17.3 Å². The Morgan fingerprint density at radius 1 is 0.818 bits per heavy atom. The molecule has 0 spiro atoms. The molecule has 0 aliphatic carbocycles. The topological polar surface area (TPSA) is 53.7 Å². The number of hydrogen-bond acceptors (Lipinski definition) is 3. The second-order valence-corrected chi connectivity index (χ2v) is 8.30. The number of phenols is 1. The van der Waals surface area contributed by atoms with Crippen molar-refractivity contribution in [2.45, 2.75) is 0 Å². The fourth-order valence-electron chi connectivity index (χ4n) is 3.68. The van der Waals surface area contributed by atoms with E-state index < -0.39 is 0 Å². The Kier molecular flexibility index (Phi) is 5.55. The lowest BCUT2D eigenvalue weighted by atomic mass is 10.1. The van der Waals surface area contributed by atoms with Crippen LogP contribution in [0.2, 0.25) is 10.0 Å². The molecule has 5 rings (SSSR count). The van der Waals surface area contributed by atoms with Crippen LogP contribution in [0.1, 0.15) is 11.3 Å². The van der Waals surface area contributed by atoms with E-state index in [1.54, 1.807) is 53.4 Å². The molecular weight excluding hydrogens is 457 g/mol. The van der Waals surface area contributed by atoms with Gasteiger partial charge in [0.05, 0.1) is 15.7 Å². The van der Waals surface area contributed by atoms with Crippen LogP contribution in [-0.4, -0.2) is 11.0 Å². The van der Waals surface area contributed by atoms with Crippen LogP contribution in [0.25, 0.3) is 23.1 Å². The first-order valence-electron chi connectivity index (χ1n) is 10.2. The highest BCUT2D eigenvalue weighted by Crippen LogP contribution is 2.36. The van der Waals surface area contributed by atoms with Crippen molar-refractivity contribution < 1.29 is 14.3 Å². The van der Waals surface area contributed by atoms with Crippen LogP contribution < -0.4 is 4.90 Å². The van der Waals surface area contributed by atoms with Crippen molar-refractivity contribution in [2.24, 2.45) is 0 Å². The van der Waals surface area contributed by atoms with Gasteiger partial charge in [-0.3, -0.25) is 9.69 Å². The molecule has 33 heavy (non-hydrogen) atoms. The zero-order chi connectivity index (χ0) is 22.9. The first-order chi connectivity index (χ1) is 16.0. The molecule has 0 fully saturated rings. The molecule has 1 N–H and O–H groups in total. The van der Waals surface area contributed by atoms with Crippen molar-refractivity contribution >= 4 is 46.6 Å². The molecule has 4 nitrogen and oxygen atoms in total. The third-order valence-corrected chi connectivity index (χ3v) is 6.03. The summed E-state index contributed by atoms with van der Waals surface area (Å²) in [6, 6.07) is 25.1. The number of phenolic OH excluding ortho intramolecular Hbond substituents is 1. The molecule has 1 aliphatic heterocycles. The standard InChI is InChI=1S/C27H17Cl2NO3/c28-23-12-6-18(15-24(23)29)26-13-11-22(33-26)14-19-16-25(17-4-2-1-3-5-17)30(27(19)32)20-7-9-21(31)10-8-20/h1-16,31H/b19-14+. The van der Waals surface area contributed by atoms with E-state index in [0.717, 1.165) is 16.8 Å². The number of carbonyl (C=O) groups is 1. The van der Waals surface area contributed by atoms with Gasteiger partial charge < -0.3 is 9.52 Å². The molecule has 0 unspecified atom stereocenters. The largest absolute Gasteiger partial charge is 0.508 e. The Balaban J connectivity index is 1.53. The Labute approximate surface area is 200 Å². The van der Waals surface area contributed by atoms with Crippen LogP contribution in [0.4, 0.5) is 5.69 Å². The van der Waals surface area contributed by atoms with E-state index in [1.807, 2.05) is 48.5 Å². The molecule has 0 bridgehead atoms. The number of benzene rings is 3. The van der Waals surface area contributed by atoms with E-state index in [0.29, 0.717) is 32.8 Å². The van der Waals surface area contributed by atoms with Gasteiger partial charge in [0, 0.05) is 16.8 Å². The Hall–Kier alpha value is -3.73. The maximum Gasteiger partial charge on any atom is 0.263 e. The van der Waals surface area contributed by atoms with Crippen LogP contribution >= 0.6 is 23.2 Å². The van der Waals surface area contributed by atoms with Crippen LogP contribution in [0.3, 0.4) is 0 Å². The van der Waals surface area contributed by atoms with Crippen LogP contribution in [0.5, 0.6) is 5.75 Å². The zero-order valence-electron chi connectivity index (χ0n) is 17.2. The SMILES string of the molecule is O=C1/C(=C/c2ccc(-c3ccc(Cl)c(Cl)c3)o2)C=C(c2ccccc2)N1c1ccc(O)cc1. The number of halogens is 2. The van der Waals surface area contributed by atoms with E-state index in [2.05, 4.69) is 0 Å². The zero-order valence-corrected chi connectivity index (χ0v) is 18.7.